The molecule has 0 aromatic heterocycles. The van der Waals surface area contributed by atoms with Crippen molar-refractivity contribution >= 4 is 39.5 Å². The van der Waals surface area contributed by atoms with E-state index in [1.54, 1.807) is 0 Å². The normalized spacial score (nSPS) is 14.6. The Morgan fingerprint density at radius 2 is 0.614 bits per heavy atom. The van der Waals surface area contributed by atoms with Gasteiger partial charge in [0.25, 0.3) is 0 Å². The zero-order valence-corrected chi connectivity index (χ0v) is 55.3. The second-order valence-corrected chi connectivity index (χ2v) is 26.8. The molecular formula is C64H124O17P2. The minimum Gasteiger partial charge on any atom is -0.462 e. The minimum atomic E-state index is -4.94. The van der Waals surface area contributed by atoms with Crippen molar-refractivity contribution in [2.24, 2.45) is 11.8 Å². The zero-order chi connectivity index (χ0) is 61.5. The average molecular weight is 1230 g/mol. The summed E-state index contributed by atoms with van der Waals surface area (Å²) < 4.78 is 67.8. The van der Waals surface area contributed by atoms with E-state index in [1.165, 1.54) is 109 Å². The molecule has 6 atom stereocenters. The van der Waals surface area contributed by atoms with Crippen LogP contribution in [0.2, 0.25) is 0 Å². The maximum atomic E-state index is 13.0. The fourth-order valence-electron chi connectivity index (χ4n) is 9.50. The number of phosphoric acid groups is 2. The first kappa shape index (κ1) is 81.1. The van der Waals surface area contributed by atoms with Gasteiger partial charge in [0, 0.05) is 25.7 Å². The molecule has 0 aromatic carbocycles. The number of aliphatic hydroxyl groups excluding tert-OH is 1. The van der Waals surface area contributed by atoms with Gasteiger partial charge in [0.2, 0.25) is 0 Å². The van der Waals surface area contributed by atoms with Crippen LogP contribution in [0.5, 0.6) is 0 Å². The highest BCUT2D eigenvalue weighted by Gasteiger charge is 2.30. The van der Waals surface area contributed by atoms with Crippen LogP contribution in [0.1, 0.15) is 318 Å². The number of hydrogen-bond acceptors (Lipinski definition) is 15. The molecule has 0 aliphatic rings. The lowest BCUT2D eigenvalue weighted by atomic mass is 9.99. The fourth-order valence-corrected chi connectivity index (χ4v) is 11.1. The van der Waals surface area contributed by atoms with Crippen molar-refractivity contribution in [3.05, 3.63) is 0 Å². The van der Waals surface area contributed by atoms with Crippen LogP contribution < -0.4 is 0 Å². The van der Waals surface area contributed by atoms with Crippen LogP contribution in [0.15, 0.2) is 0 Å². The van der Waals surface area contributed by atoms with E-state index >= 15 is 0 Å². The Labute approximate surface area is 505 Å². The molecule has 0 amide bonds. The van der Waals surface area contributed by atoms with Crippen LogP contribution >= 0.6 is 15.6 Å². The summed E-state index contributed by atoms with van der Waals surface area (Å²) >= 11 is 0. The lowest BCUT2D eigenvalue weighted by Gasteiger charge is -2.21. The molecule has 0 fully saturated rings. The second kappa shape index (κ2) is 56.6. The third kappa shape index (κ3) is 57.6. The molecule has 492 valence electrons. The van der Waals surface area contributed by atoms with Crippen molar-refractivity contribution in [3.63, 3.8) is 0 Å². The van der Waals surface area contributed by atoms with Crippen LogP contribution in [0.3, 0.4) is 0 Å². The first-order valence-corrected chi connectivity index (χ1v) is 36.5. The van der Waals surface area contributed by atoms with E-state index in [-0.39, 0.29) is 25.7 Å². The monoisotopic (exact) mass is 1230 g/mol. The fraction of sp³-hybridized carbons (Fsp3) is 0.938. The van der Waals surface area contributed by atoms with Crippen molar-refractivity contribution in [1.82, 2.24) is 0 Å². The Morgan fingerprint density at radius 1 is 0.349 bits per heavy atom. The van der Waals surface area contributed by atoms with Gasteiger partial charge in [-0.15, -0.1) is 0 Å². The molecule has 0 bridgehead atoms. The summed E-state index contributed by atoms with van der Waals surface area (Å²) in [7, 11) is -9.88. The first-order valence-electron chi connectivity index (χ1n) is 33.5. The molecule has 0 heterocycles. The van der Waals surface area contributed by atoms with E-state index < -0.39 is 97.5 Å². The molecule has 3 N–H and O–H groups in total. The summed E-state index contributed by atoms with van der Waals surface area (Å²) in [5, 5.41) is 10.5. The Bertz CT molecular complexity index is 1630. The molecule has 17 nitrogen and oxygen atoms in total. The number of phosphoric ester groups is 2. The SMILES string of the molecule is CCCCCCCCCC(=O)OC[C@H](COP(=O)(O)OC[C@H](O)COP(=O)(O)OC[C@@H](COC(=O)CCCCCCCCCCC(C)CC)OC(=O)CCCCCCCCCCCCCCCCC(C)C)OC(=O)CCCCCCCCC. The third-order valence-corrected chi connectivity index (χ3v) is 17.0. The summed E-state index contributed by atoms with van der Waals surface area (Å²) in [4.78, 5) is 72.0. The summed E-state index contributed by atoms with van der Waals surface area (Å²) in [6, 6.07) is 0. The topological polar surface area (TPSA) is 237 Å². The lowest BCUT2D eigenvalue weighted by Crippen LogP contribution is -2.30. The van der Waals surface area contributed by atoms with E-state index in [0.29, 0.717) is 25.7 Å². The molecule has 0 aromatic rings. The Hall–Kier alpha value is -1.94. The third-order valence-electron chi connectivity index (χ3n) is 15.1. The second-order valence-electron chi connectivity index (χ2n) is 23.9. The predicted molar refractivity (Wildman–Crippen MR) is 331 cm³/mol. The molecule has 0 aliphatic heterocycles. The quantitative estimate of drug-likeness (QED) is 0.0222. The zero-order valence-electron chi connectivity index (χ0n) is 53.5. The molecule has 0 aliphatic carbocycles. The minimum absolute atomic E-state index is 0.103. The van der Waals surface area contributed by atoms with Gasteiger partial charge in [-0.05, 0) is 37.5 Å². The van der Waals surface area contributed by atoms with Crippen LogP contribution in [-0.2, 0) is 65.4 Å². The van der Waals surface area contributed by atoms with Gasteiger partial charge in [-0.2, -0.15) is 0 Å². The maximum absolute atomic E-state index is 13.0. The molecular weight excluding hydrogens is 1100 g/mol. The number of esters is 4. The van der Waals surface area contributed by atoms with Crippen LogP contribution in [-0.4, -0.2) is 96.7 Å². The number of carbonyl (C=O) groups is 4. The molecule has 0 rings (SSSR count). The van der Waals surface area contributed by atoms with Crippen LogP contribution in [0.25, 0.3) is 0 Å². The van der Waals surface area contributed by atoms with Gasteiger partial charge in [-0.25, -0.2) is 9.13 Å². The van der Waals surface area contributed by atoms with Gasteiger partial charge in [0.05, 0.1) is 26.4 Å². The number of unbranched alkanes of at least 4 members (excludes halogenated alkanes) is 32. The Kier molecular flexibility index (Phi) is 55.2. The van der Waals surface area contributed by atoms with Gasteiger partial charge in [0.1, 0.15) is 19.3 Å². The molecule has 83 heavy (non-hydrogen) atoms. The van der Waals surface area contributed by atoms with Crippen LogP contribution in [0.4, 0.5) is 0 Å². The maximum Gasteiger partial charge on any atom is 0.472 e. The van der Waals surface area contributed by atoms with Crippen LogP contribution in [0, 0.1) is 11.8 Å². The largest absolute Gasteiger partial charge is 0.472 e. The highest BCUT2D eigenvalue weighted by atomic mass is 31.2. The average Bonchev–Trinajstić information content (AvgIpc) is 3.46. The summed E-state index contributed by atoms with van der Waals surface area (Å²) in [6.45, 7) is 9.44. The van der Waals surface area contributed by atoms with Crippen molar-refractivity contribution in [1.29, 1.82) is 0 Å². The number of hydrogen-bond donors (Lipinski definition) is 3. The number of aliphatic hydroxyl groups is 1. The van der Waals surface area contributed by atoms with E-state index in [9.17, 15) is 43.2 Å². The van der Waals surface area contributed by atoms with Gasteiger partial charge in [-0.1, -0.05) is 266 Å². The Balaban J connectivity index is 5.17. The van der Waals surface area contributed by atoms with E-state index in [2.05, 4.69) is 41.5 Å². The van der Waals surface area contributed by atoms with Crippen molar-refractivity contribution in [2.75, 3.05) is 39.6 Å². The molecule has 0 saturated carbocycles. The van der Waals surface area contributed by atoms with E-state index in [1.807, 2.05) is 0 Å². The van der Waals surface area contributed by atoms with E-state index in [0.717, 1.165) is 127 Å². The summed E-state index contributed by atoms with van der Waals surface area (Å²) in [5.74, 6) is -0.570. The lowest BCUT2D eigenvalue weighted by molar-refractivity contribution is -0.161. The van der Waals surface area contributed by atoms with Crippen molar-refractivity contribution in [2.45, 2.75) is 336 Å². The molecule has 3 unspecified atom stereocenters. The number of rotatable bonds is 63. The van der Waals surface area contributed by atoms with E-state index in [4.69, 9.17) is 37.0 Å². The smallest absolute Gasteiger partial charge is 0.462 e. The first-order chi connectivity index (χ1) is 39.9. The van der Waals surface area contributed by atoms with Crippen molar-refractivity contribution < 1.29 is 80.2 Å². The summed E-state index contributed by atoms with van der Waals surface area (Å²) in [6.07, 6.45) is 39.2. The van der Waals surface area contributed by atoms with Gasteiger partial charge in [-0.3, -0.25) is 37.3 Å². The van der Waals surface area contributed by atoms with Gasteiger partial charge < -0.3 is 33.8 Å². The van der Waals surface area contributed by atoms with Crippen molar-refractivity contribution in [3.8, 4) is 0 Å². The molecule has 0 saturated heterocycles. The highest BCUT2D eigenvalue weighted by Crippen LogP contribution is 2.45. The standard InChI is InChI=1S/C64H124O17P2/c1-7-10-12-14-26-34-40-46-61(66)74-52-59(80-63(68)48-42-36-27-15-13-11-8-2)54-78-82(70,71)76-50-58(65)51-77-83(72,73)79-55-60(53-75-62(67)47-41-35-30-25-24-29-33-39-45-57(6)9-3)81-64(69)49-43-37-31-23-21-19-17-16-18-20-22-28-32-38-44-56(4)5/h56-60,65H,7-55H2,1-6H3,(H,70,71)(H,72,73)/t57?,58-,59+,60+/m0/s1. The molecule has 0 spiro atoms. The summed E-state index contributed by atoms with van der Waals surface area (Å²) in [5.41, 5.74) is 0. The Morgan fingerprint density at radius 3 is 0.916 bits per heavy atom. The van der Waals surface area contributed by atoms with Gasteiger partial charge >= 0.3 is 39.5 Å². The molecule has 0 radical (unpaired) electrons. The van der Waals surface area contributed by atoms with Gasteiger partial charge in [0.15, 0.2) is 12.2 Å². The predicted octanol–water partition coefficient (Wildman–Crippen LogP) is 17.7. The number of carbonyl (C=O) groups excluding carboxylic acids is 4. The number of ether oxygens (including phenoxy) is 4. The molecule has 19 heteroatoms. The highest BCUT2D eigenvalue weighted by molar-refractivity contribution is 7.47.